The van der Waals surface area contributed by atoms with E-state index in [4.69, 9.17) is 14.2 Å². The Bertz CT molecular complexity index is 643. The molecule has 0 spiro atoms. The highest BCUT2D eigenvalue weighted by molar-refractivity contribution is 5.84. The summed E-state index contributed by atoms with van der Waals surface area (Å²) in [4.78, 5) is 15.8. The third-order valence-electron chi connectivity index (χ3n) is 6.99. The Morgan fingerprint density at radius 1 is 0.861 bits per heavy atom. The van der Waals surface area contributed by atoms with Crippen molar-refractivity contribution in [1.29, 1.82) is 0 Å². The first kappa shape index (κ1) is 30.6. The molecule has 0 unspecified atom stereocenters. The van der Waals surface area contributed by atoms with Crippen LogP contribution in [0.2, 0.25) is 0 Å². The number of pyridine rings is 1. The van der Waals surface area contributed by atoms with Gasteiger partial charge in [-0.2, -0.15) is 0 Å². The van der Waals surface area contributed by atoms with E-state index >= 15 is 0 Å². The lowest BCUT2D eigenvalue weighted by Crippen LogP contribution is -2.21. The second-order valence-corrected chi connectivity index (χ2v) is 10.4. The van der Waals surface area contributed by atoms with Crippen molar-refractivity contribution in [3.63, 3.8) is 0 Å². The Balaban J connectivity index is 1.29. The van der Waals surface area contributed by atoms with E-state index in [1.807, 2.05) is 0 Å². The molecule has 1 aromatic heterocycles. The van der Waals surface area contributed by atoms with E-state index in [0.29, 0.717) is 18.2 Å². The van der Waals surface area contributed by atoms with E-state index in [0.717, 1.165) is 26.1 Å². The maximum Gasteiger partial charge on any atom is 0.411 e. The summed E-state index contributed by atoms with van der Waals surface area (Å²) >= 11 is 0. The Kier molecular flexibility index (Phi) is 18.2. The highest BCUT2D eigenvalue weighted by Crippen LogP contribution is 2.21. The number of carbonyl (C=O) groups excluding carboxylic acids is 1. The summed E-state index contributed by atoms with van der Waals surface area (Å²) in [6.07, 6.45) is 25.8. The second kappa shape index (κ2) is 21.4. The lowest BCUT2D eigenvalue weighted by Gasteiger charge is -2.11. The Hall–Kier alpha value is -1.66. The zero-order valence-corrected chi connectivity index (χ0v) is 22.9. The van der Waals surface area contributed by atoms with Gasteiger partial charge in [0.1, 0.15) is 6.61 Å². The van der Waals surface area contributed by atoms with E-state index in [1.54, 1.807) is 24.5 Å². The zero-order valence-electron chi connectivity index (χ0n) is 22.9. The van der Waals surface area contributed by atoms with Crippen molar-refractivity contribution >= 4 is 11.8 Å². The van der Waals surface area contributed by atoms with Crippen LogP contribution in [0.1, 0.15) is 116 Å². The molecule has 0 aliphatic carbocycles. The fraction of sp³-hybridized carbons (Fsp3) is 0.800. The number of rotatable bonds is 22. The maximum absolute atomic E-state index is 11.9. The first-order valence-corrected chi connectivity index (χ1v) is 14.8. The van der Waals surface area contributed by atoms with Gasteiger partial charge in [0.15, 0.2) is 0 Å². The minimum atomic E-state index is -0.465. The molecule has 2 rings (SSSR count). The highest BCUT2D eigenvalue weighted by Gasteiger charge is 2.26. The summed E-state index contributed by atoms with van der Waals surface area (Å²) in [7, 11) is 0. The van der Waals surface area contributed by atoms with Gasteiger partial charge in [-0.05, 0) is 25.0 Å². The number of unbranched alkanes of at least 4 members (excludes halogenated alkanes) is 15. The summed E-state index contributed by atoms with van der Waals surface area (Å²) < 4.78 is 16.9. The molecule has 0 aromatic carbocycles. The topological polar surface area (TPSA) is 69.7 Å². The number of carbonyl (C=O) groups is 1. The Labute approximate surface area is 220 Å². The molecule has 206 valence electrons. The van der Waals surface area contributed by atoms with Crippen molar-refractivity contribution in [3.8, 4) is 0 Å². The third-order valence-corrected chi connectivity index (χ3v) is 6.99. The van der Waals surface area contributed by atoms with Crippen LogP contribution in [-0.4, -0.2) is 43.6 Å². The average Bonchev–Trinajstić information content (AvgIpc) is 3.35. The van der Waals surface area contributed by atoms with E-state index in [2.05, 4.69) is 17.2 Å². The standard InChI is InChI=1S/C30H52N2O4/c1-2-3-4-5-6-7-8-9-10-11-12-13-14-15-16-17-22-34-24-27-23-29(35-25-27)26-36-30(33)32-28-18-20-31-21-19-28/h18-21,27,29H,2-17,22-26H2,1H3,(H,31,32,33)/t27-,29-/m0/s1. The molecule has 6 nitrogen and oxygen atoms in total. The van der Waals surface area contributed by atoms with E-state index < -0.39 is 6.09 Å². The van der Waals surface area contributed by atoms with Gasteiger partial charge in [-0.15, -0.1) is 0 Å². The van der Waals surface area contributed by atoms with Gasteiger partial charge in [-0.25, -0.2) is 4.79 Å². The molecule has 0 bridgehead atoms. The van der Waals surface area contributed by atoms with Gasteiger partial charge in [0.25, 0.3) is 0 Å². The van der Waals surface area contributed by atoms with Crippen molar-refractivity contribution in [1.82, 2.24) is 4.98 Å². The monoisotopic (exact) mass is 504 g/mol. The van der Waals surface area contributed by atoms with Crippen molar-refractivity contribution in [2.45, 2.75) is 122 Å². The van der Waals surface area contributed by atoms with Crippen LogP contribution in [-0.2, 0) is 14.2 Å². The number of ether oxygens (including phenoxy) is 3. The molecule has 1 saturated heterocycles. The zero-order chi connectivity index (χ0) is 25.5. The van der Waals surface area contributed by atoms with Gasteiger partial charge < -0.3 is 14.2 Å². The van der Waals surface area contributed by atoms with Gasteiger partial charge in [-0.3, -0.25) is 10.3 Å². The molecule has 36 heavy (non-hydrogen) atoms. The van der Waals surface area contributed by atoms with Crippen LogP contribution < -0.4 is 5.32 Å². The van der Waals surface area contributed by atoms with Crippen LogP contribution in [0, 0.1) is 5.92 Å². The van der Waals surface area contributed by atoms with Crippen LogP contribution >= 0.6 is 0 Å². The van der Waals surface area contributed by atoms with Crippen LogP contribution in [0.25, 0.3) is 0 Å². The van der Waals surface area contributed by atoms with Gasteiger partial charge in [0.05, 0.1) is 19.3 Å². The number of anilines is 1. The lowest BCUT2D eigenvalue weighted by molar-refractivity contribution is 0.0430. The minimum Gasteiger partial charge on any atom is -0.447 e. The number of hydrogen-bond donors (Lipinski definition) is 1. The summed E-state index contributed by atoms with van der Waals surface area (Å²) in [6.45, 7) is 4.81. The Morgan fingerprint density at radius 3 is 2.00 bits per heavy atom. The molecule has 1 fully saturated rings. The van der Waals surface area contributed by atoms with Crippen molar-refractivity contribution in [3.05, 3.63) is 24.5 Å². The average molecular weight is 505 g/mol. The SMILES string of the molecule is CCCCCCCCCCCCCCCCCCOC[C@H]1CO[C@H](COC(=O)Nc2ccncc2)C1. The number of nitrogens with zero attached hydrogens (tertiary/aromatic N) is 1. The molecule has 1 aliphatic heterocycles. The molecule has 1 aromatic rings. The Morgan fingerprint density at radius 2 is 1.42 bits per heavy atom. The predicted octanol–water partition coefficient (Wildman–Crippen LogP) is 8.31. The molecular weight excluding hydrogens is 452 g/mol. The van der Waals surface area contributed by atoms with Gasteiger partial charge in [0, 0.05) is 30.6 Å². The molecule has 0 saturated carbocycles. The summed E-state index contributed by atoms with van der Waals surface area (Å²) in [5.41, 5.74) is 0.669. The van der Waals surface area contributed by atoms with Crippen molar-refractivity contribution in [2.75, 3.05) is 31.7 Å². The minimum absolute atomic E-state index is 0.0441. The molecule has 2 heterocycles. The van der Waals surface area contributed by atoms with E-state index in [1.165, 1.54) is 96.3 Å². The normalized spacial score (nSPS) is 17.4. The summed E-state index contributed by atoms with van der Waals surface area (Å²) in [5.74, 6) is 0.392. The number of aromatic nitrogens is 1. The highest BCUT2D eigenvalue weighted by atomic mass is 16.6. The fourth-order valence-corrected chi connectivity index (χ4v) is 4.77. The molecule has 1 amide bonds. The van der Waals surface area contributed by atoms with E-state index in [-0.39, 0.29) is 12.7 Å². The molecule has 2 atom stereocenters. The van der Waals surface area contributed by atoms with Gasteiger partial charge in [-0.1, -0.05) is 103 Å². The molecule has 1 aliphatic rings. The number of hydrogen-bond acceptors (Lipinski definition) is 5. The van der Waals surface area contributed by atoms with Crippen LogP contribution in [0.4, 0.5) is 10.5 Å². The molecule has 6 heteroatoms. The second-order valence-electron chi connectivity index (χ2n) is 10.4. The molecule has 0 radical (unpaired) electrons. The van der Waals surface area contributed by atoms with Crippen LogP contribution in [0.5, 0.6) is 0 Å². The first-order valence-electron chi connectivity index (χ1n) is 14.8. The van der Waals surface area contributed by atoms with Crippen molar-refractivity contribution < 1.29 is 19.0 Å². The largest absolute Gasteiger partial charge is 0.447 e. The maximum atomic E-state index is 11.9. The quantitative estimate of drug-likeness (QED) is 0.161. The lowest BCUT2D eigenvalue weighted by atomic mass is 10.0. The smallest absolute Gasteiger partial charge is 0.411 e. The summed E-state index contributed by atoms with van der Waals surface area (Å²) in [6, 6.07) is 3.44. The van der Waals surface area contributed by atoms with Gasteiger partial charge in [0.2, 0.25) is 0 Å². The number of nitrogens with one attached hydrogen (secondary N) is 1. The van der Waals surface area contributed by atoms with Crippen molar-refractivity contribution in [2.24, 2.45) is 5.92 Å². The van der Waals surface area contributed by atoms with Crippen LogP contribution in [0.15, 0.2) is 24.5 Å². The first-order chi connectivity index (χ1) is 17.8. The predicted molar refractivity (Wildman–Crippen MR) is 147 cm³/mol. The van der Waals surface area contributed by atoms with Crippen LogP contribution in [0.3, 0.4) is 0 Å². The molecular formula is C30H52N2O4. The van der Waals surface area contributed by atoms with E-state index in [9.17, 15) is 4.79 Å². The number of amides is 1. The third kappa shape index (κ3) is 16.2. The molecule has 1 N–H and O–H groups in total. The fourth-order valence-electron chi connectivity index (χ4n) is 4.77. The van der Waals surface area contributed by atoms with Gasteiger partial charge >= 0.3 is 6.09 Å². The summed E-state index contributed by atoms with van der Waals surface area (Å²) in [5, 5.41) is 2.68.